The van der Waals surface area contributed by atoms with Gasteiger partial charge < -0.3 is 10.2 Å². The highest BCUT2D eigenvalue weighted by Crippen LogP contribution is 2.34. The van der Waals surface area contributed by atoms with Crippen LogP contribution in [0.25, 0.3) is 0 Å². The number of aromatic nitrogens is 3. The minimum Gasteiger partial charge on any atom is -0.334 e. The van der Waals surface area contributed by atoms with Crippen molar-refractivity contribution >= 4 is 18.3 Å². The number of nitrogens with zero attached hydrogens (tertiary/aromatic N) is 4. The van der Waals surface area contributed by atoms with Crippen LogP contribution < -0.4 is 5.32 Å². The lowest BCUT2D eigenvalue weighted by Crippen LogP contribution is -2.34. The zero-order valence-corrected chi connectivity index (χ0v) is 16.8. The second-order valence-corrected chi connectivity index (χ2v) is 7.66. The van der Waals surface area contributed by atoms with Crippen molar-refractivity contribution in [3.63, 3.8) is 0 Å². The van der Waals surface area contributed by atoms with E-state index < -0.39 is 0 Å². The van der Waals surface area contributed by atoms with Crippen molar-refractivity contribution < 1.29 is 4.79 Å². The summed E-state index contributed by atoms with van der Waals surface area (Å²) in [7, 11) is 0. The molecule has 0 aliphatic carbocycles. The molecule has 1 aromatic heterocycles. The van der Waals surface area contributed by atoms with Gasteiger partial charge >= 0.3 is 0 Å². The van der Waals surface area contributed by atoms with Crippen molar-refractivity contribution in [2.75, 3.05) is 19.6 Å². The van der Waals surface area contributed by atoms with E-state index in [1.54, 1.807) is 0 Å². The predicted octanol–water partition coefficient (Wildman–Crippen LogP) is 2.95. The maximum absolute atomic E-state index is 13.0. The summed E-state index contributed by atoms with van der Waals surface area (Å²) in [6.45, 7) is 7.03. The van der Waals surface area contributed by atoms with Gasteiger partial charge in [-0.15, -0.1) is 17.5 Å². The predicted molar refractivity (Wildman–Crippen MR) is 107 cm³/mol. The molecule has 2 aromatic rings. The molecule has 2 saturated heterocycles. The lowest BCUT2D eigenvalue weighted by atomic mass is 9.93. The molecule has 2 fully saturated rings. The summed E-state index contributed by atoms with van der Waals surface area (Å²) in [5.41, 5.74) is 3.13. The molecule has 2 unspecified atom stereocenters. The van der Waals surface area contributed by atoms with Gasteiger partial charge in [0.05, 0.1) is 12.2 Å². The normalized spacial score (nSPS) is 23.3. The van der Waals surface area contributed by atoms with Gasteiger partial charge in [-0.25, -0.2) is 4.68 Å². The van der Waals surface area contributed by atoms with Gasteiger partial charge in [0.25, 0.3) is 5.91 Å². The molecule has 2 aliphatic rings. The number of rotatable bonds is 3. The number of carbonyl (C=O) groups is 1. The average Bonchev–Trinajstić information content (AvgIpc) is 3.29. The molecule has 0 saturated carbocycles. The van der Waals surface area contributed by atoms with Crippen LogP contribution >= 0.6 is 12.4 Å². The van der Waals surface area contributed by atoms with Crippen molar-refractivity contribution in [2.24, 2.45) is 0 Å². The molecule has 0 radical (unpaired) electrons. The highest BCUT2D eigenvalue weighted by Gasteiger charge is 2.35. The molecule has 4 rings (SSSR count). The lowest BCUT2D eigenvalue weighted by Gasteiger charge is -2.22. The molecule has 7 heteroatoms. The number of piperidine rings is 1. The fourth-order valence-corrected chi connectivity index (χ4v) is 4.36. The SMILES string of the molecule is Cc1ccccc1C1CC(C)N(C(=O)c2cn(C3CCNCC3)nn2)C1.Cl. The first-order valence-corrected chi connectivity index (χ1v) is 9.62. The summed E-state index contributed by atoms with van der Waals surface area (Å²) >= 11 is 0. The number of carbonyl (C=O) groups excluding carboxylic acids is 1. The van der Waals surface area contributed by atoms with Crippen LogP contribution in [0.3, 0.4) is 0 Å². The van der Waals surface area contributed by atoms with Crippen LogP contribution in [0.1, 0.15) is 59.8 Å². The van der Waals surface area contributed by atoms with Crippen molar-refractivity contribution in [1.29, 1.82) is 0 Å². The summed E-state index contributed by atoms with van der Waals surface area (Å²) in [4.78, 5) is 15.0. The summed E-state index contributed by atoms with van der Waals surface area (Å²) in [5, 5.41) is 11.8. The van der Waals surface area contributed by atoms with E-state index in [1.807, 2.05) is 15.8 Å². The maximum Gasteiger partial charge on any atom is 0.276 e. The molecule has 2 atom stereocenters. The van der Waals surface area contributed by atoms with E-state index in [0.717, 1.165) is 38.9 Å². The van der Waals surface area contributed by atoms with Crippen LogP contribution in [0.15, 0.2) is 30.5 Å². The monoisotopic (exact) mass is 389 g/mol. The Morgan fingerprint density at radius 1 is 1.22 bits per heavy atom. The van der Waals surface area contributed by atoms with E-state index in [2.05, 4.69) is 53.7 Å². The van der Waals surface area contributed by atoms with Gasteiger partial charge in [-0.1, -0.05) is 29.5 Å². The van der Waals surface area contributed by atoms with E-state index in [4.69, 9.17) is 0 Å². The Morgan fingerprint density at radius 2 is 1.96 bits per heavy atom. The molecule has 6 nitrogen and oxygen atoms in total. The molecule has 3 heterocycles. The van der Waals surface area contributed by atoms with E-state index in [-0.39, 0.29) is 24.4 Å². The van der Waals surface area contributed by atoms with Crippen molar-refractivity contribution in [1.82, 2.24) is 25.2 Å². The summed E-state index contributed by atoms with van der Waals surface area (Å²) in [6, 6.07) is 9.06. The molecule has 1 aromatic carbocycles. The number of benzene rings is 1. The van der Waals surface area contributed by atoms with Gasteiger partial charge in [0.2, 0.25) is 0 Å². The molecule has 1 N–H and O–H groups in total. The minimum absolute atomic E-state index is 0. The number of aryl methyl sites for hydroxylation is 1. The molecule has 0 bridgehead atoms. The van der Waals surface area contributed by atoms with Crippen LogP contribution in [0.5, 0.6) is 0 Å². The number of hydrogen-bond donors (Lipinski definition) is 1. The van der Waals surface area contributed by atoms with Crippen LogP contribution in [-0.4, -0.2) is 51.5 Å². The highest BCUT2D eigenvalue weighted by molar-refractivity contribution is 5.92. The van der Waals surface area contributed by atoms with Crippen molar-refractivity contribution in [3.05, 3.63) is 47.3 Å². The Labute approximate surface area is 166 Å². The third kappa shape index (κ3) is 4.01. The van der Waals surface area contributed by atoms with Gasteiger partial charge in [0.15, 0.2) is 5.69 Å². The Bertz CT molecular complexity index is 786. The second kappa shape index (κ2) is 8.40. The lowest BCUT2D eigenvalue weighted by molar-refractivity contribution is 0.0739. The number of hydrogen-bond acceptors (Lipinski definition) is 4. The van der Waals surface area contributed by atoms with Crippen molar-refractivity contribution in [3.8, 4) is 0 Å². The summed E-state index contributed by atoms with van der Waals surface area (Å²) in [5.74, 6) is 0.406. The largest absolute Gasteiger partial charge is 0.334 e. The zero-order chi connectivity index (χ0) is 18.1. The third-order valence-electron chi connectivity index (χ3n) is 5.88. The van der Waals surface area contributed by atoms with Crippen LogP contribution in [0.2, 0.25) is 0 Å². The Kier molecular flexibility index (Phi) is 6.17. The quantitative estimate of drug-likeness (QED) is 0.876. The van der Waals surface area contributed by atoms with Gasteiger partial charge in [0.1, 0.15) is 0 Å². The fraction of sp³-hybridized carbons (Fsp3) is 0.550. The van der Waals surface area contributed by atoms with E-state index in [0.29, 0.717) is 17.7 Å². The molecule has 146 valence electrons. The van der Waals surface area contributed by atoms with Crippen LogP contribution in [0, 0.1) is 6.92 Å². The number of amides is 1. The molecule has 0 spiro atoms. The Morgan fingerprint density at radius 3 is 2.70 bits per heavy atom. The van der Waals surface area contributed by atoms with Crippen molar-refractivity contribution in [2.45, 2.75) is 51.1 Å². The first-order chi connectivity index (χ1) is 12.6. The summed E-state index contributed by atoms with van der Waals surface area (Å²) in [6.07, 6.45) is 4.91. The maximum atomic E-state index is 13.0. The number of halogens is 1. The third-order valence-corrected chi connectivity index (χ3v) is 5.88. The topological polar surface area (TPSA) is 63.1 Å². The van der Waals surface area contributed by atoms with Crippen LogP contribution in [-0.2, 0) is 0 Å². The average molecular weight is 390 g/mol. The Balaban J connectivity index is 0.00000210. The first kappa shape index (κ1) is 19.8. The second-order valence-electron chi connectivity index (χ2n) is 7.66. The van der Waals surface area contributed by atoms with Gasteiger partial charge in [0, 0.05) is 18.5 Å². The molecule has 1 amide bonds. The molecular formula is C20H28ClN5O. The van der Waals surface area contributed by atoms with Gasteiger partial charge in [-0.3, -0.25) is 4.79 Å². The smallest absolute Gasteiger partial charge is 0.276 e. The zero-order valence-electron chi connectivity index (χ0n) is 16.0. The van der Waals surface area contributed by atoms with E-state index in [9.17, 15) is 4.79 Å². The number of nitrogens with one attached hydrogen (secondary N) is 1. The van der Waals surface area contributed by atoms with E-state index in [1.165, 1.54) is 11.1 Å². The first-order valence-electron chi connectivity index (χ1n) is 9.62. The highest BCUT2D eigenvalue weighted by atomic mass is 35.5. The standard InChI is InChI=1S/C20H27N5O.ClH/c1-14-5-3-4-6-18(14)16-11-15(2)24(12-16)20(26)19-13-25(23-22-19)17-7-9-21-10-8-17;/h3-6,13,15-17,21H,7-12H2,1-2H3;1H. The van der Waals surface area contributed by atoms with E-state index >= 15 is 0 Å². The van der Waals surface area contributed by atoms with Gasteiger partial charge in [-0.05, 0) is 57.3 Å². The summed E-state index contributed by atoms with van der Waals surface area (Å²) < 4.78 is 1.88. The number of likely N-dealkylation sites (tertiary alicyclic amines) is 1. The Hall–Kier alpha value is -1.92. The molecule has 27 heavy (non-hydrogen) atoms. The van der Waals surface area contributed by atoms with Crippen LogP contribution in [0.4, 0.5) is 0 Å². The van der Waals surface area contributed by atoms with Gasteiger partial charge in [-0.2, -0.15) is 0 Å². The molecule has 2 aliphatic heterocycles. The minimum atomic E-state index is 0. The molecular weight excluding hydrogens is 362 g/mol. The fourth-order valence-electron chi connectivity index (χ4n) is 4.36.